The zero-order valence-corrected chi connectivity index (χ0v) is 9.41. The summed E-state index contributed by atoms with van der Waals surface area (Å²) in [6, 6.07) is 11.6. The van der Waals surface area contributed by atoms with Gasteiger partial charge in [-0.3, -0.25) is 0 Å². The Hall–Kier alpha value is -1.90. The second kappa shape index (κ2) is 4.95. The molecule has 0 aliphatic heterocycles. The zero-order valence-electron chi connectivity index (χ0n) is 9.41. The minimum atomic E-state index is -0.580. The molecule has 0 aliphatic rings. The molecule has 0 fully saturated rings. The van der Waals surface area contributed by atoms with Crippen LogP contribution in [0.2, 0.25) is 0 Å². The summed E-state index contributed by atoms with van der Waals surface area (Å²) < 4.78 is 32.4. The topological polar surface area (TPSA) is 9.23 Å². The number of halogens is 2. The normalized spacial score (nSPS) is 10.3. The third-order valence-electron chi connectivity index (χ3n) is 2.51. The molecule has 0 radical (unpaired) electrons. The SMILES string of the molecule is Cc1ccc(F)c(COc2ccccc2)c1F. The first kappa shape index (κ1) is 11.6. The van der Waals surface area contributed by atoms with Crippen LogP contribution in [-0.2, 0) is 6.61 Å². The van der Waals surface area contributed by atoms with Gasteiger partial charge < -0.3 is 4.74 Å². The fraction of sp³-hybridized carbons (Fsp3) is 0.143. The van der Waals surface area contributed by atoms with Crippen LogP contribution in [0, 0.1) is 18.6 Å². The Morgan fingerprint density at radius 2 is 1.71 bits per heavy atom. The molecule has 0 bridgehead atoms. The van der Waals surface area contributed by atoms with Crippen LogP contribution in [0.15, 0.2) is 42.5 Å². The molecule has 1 nitrogen and oxygen atoms in total. The summed E-state index contributed by atoms with van der Waals surface area (Å²) in [6.45, 7) is 1.49. The maximum Gasteiger partial charge on any atom is 0.135 e. The highest BCUT2D eigenvalue weighted by molar-refractivity contribution is 5.27. The van der Waals surface area contributed by atoms with Gasteiger partial charge in [0.25, 0.3) is 0 Å². The number of aryl methyl sites for hydroxylation is 1. The standard InChI is InChI=1S/C14H12F2O/c1-10-7-8-13(15)12(14(10)16)9-17-11-5-3-2-4-6-11/h2-8H,9H2,1H3. The second-order valence-electron chi connectivity index (χ2n) is 3.76. The molecular weight excluding hydrogens is 222 g/mol. The lowest BCUT2D eigenvalue weighted by Crippen LogP contribution is -2.03. The minimum absolute atomic E-state index is 0.0335. The highest BCUT2D eigenvalue weighted by Crippen LogP contribution is 2.19. The van der Waals surface area contributed by atoms with Crippen molar-refractivity contribution in [3.05, 3.63) is 65.2 Å². The Morgan fingerprint density at radius 3 is 2.41 bits per heavy atom. The van der Waals surface area contributed by atoms with Gasteiger partial charge >= 0.3 is 0 Å². The summed E-state index contributed by atoms with van der Waals surface area (Å²) in [5, 5.41) is 0. The minimum Gasteiger partial charge on any atom is -0.489 e. The van der Waals surface area contributed by atoms with Crippen LogP contribution in [0.3, 0.4) is 0 Å². The molecule has 0 aromatic heterocycles. The average molecular weight is 234 g/mol. The van der Waals surface area contributed by atoms with Crippen molar-refractivity contribution >= 4 is 0 Å². The molecule has 0 aliphatic carbocycles. The van der Waals surface area contributed by atoms with Gasteiger partial charge in [0.2, 0.25) is 0 Å². The van der Waals surface area contributed by atoms with Crippen molar-refractivity contribution in [1.82, 2.24) is 0 Å². The van der Waals surface area contributed by atoms with E-state index in [1.54, 1.807) is 31.2 Å². The lowest BCUT2D eigenvalue weighted by molar-refractivity contribution is 0.292. The van der Waals surface area contributed by atoms with E-state index in [2.05, 4.69) is 0 Å². The van der Waals surface area contributed by atoms with Crippen LogP contribution >= 0.6 is 0 Å². The summed E-state index contributed by atoms with van der Waals surface area (Å²) >= 11 is 0. The Labute approximate surface area is 98.7 Å². The first-order valence-corrected chi connectivity index (χ1v) is 5.30. The predicted molar refractivity (Wildman–Crippen MR) is 61.9 cm³/mol. The quantitative estimate of drug-likeness (QED) is 0.783. The fourth-order valence-electron chi connectivity index (χ4n) is 1.52. The highest BCUT2D eigenvalue weighted by atomic mass is 19.1. The number of hydrogen-bond donors (Lipinski definition) is 0. The molecule has 0 heterocycles. The second-order valence-corrected chi connectivity index (χ2v) is 3.76. The molecule has 0 unspecified atom stereocenters. The van der Waals surface area contributed by atoms with Crippen molar-refractivity contribution in [2.24, 2.45) is 0 Å². The van der Waals surface area contributed by atoms with E-state index in [4.69, 9.17) is 4.74 Å². The molecule has 0 saturated carbocycles. The molecule has 0 N–H and O–H groups in total. The highest BCUT2D eigenvalue weighted by Gasteiger charge is 2.11. The zero-order chi connectivity index (χ0) is 12.3. The molecule has 17 heavy (non-hydrogen) atoms. The maximum atomic E-state index is 13.6. The molecule has 0 amide bonds. The summed E-state index contributed by atoms with van der Waals surface area (Å²) in [5.41, 5.74) is 0.381. The van der Waals surface area contributed by atoms with Crippen LogP contribution in [0.1, 0.15) is 11.1 Å². The van der Waals surface area contributed by atoms with E-state index < -0.39 is 11.6 Å². The number of hydrogen-bond acceptors (Lipinski definition) is 1. The molecule has 2 rings (SSSR count). The van der Waals surface area contributed by atoms with E-state index in [1.807, 2.05) is 6.07 Å². The van der Waals surface area contributed by atoms with Crippen molar-refractivity contribution < 1.29 is 13.5 Å². The van der Waals surface area contributed by atoms with Crippen LogP contribution < -0.4 is 4.74 Å². The van der Waals surface area contributed by atoms with E-state index in [9.17, 15) is 8.78 Å². The first-order chi connectivity index (χ1) is 8.18. The molecule has 0 saturated heterocycles. The van der Waals surface area contributed by atoms with Gasteiger partial charge in [-0.1, -0.05) is 24.3 Å². The van der Waals surface area contributed by atoms with Gasteiger partial charge in [-0.05, 0) is 30.7 Å². The molecule has 0 atom stereocenters. The van der Waals surface area contributed by atoms with Crippen LogP contribution in [0.4, 0.5) is 8.78 Å². The van der Waals surface area contributed by atoms with Crippen LogP contribution in [0.25, 0.3) is 0 Å². The van der Waals surface area contributed by atoms with Crippen molar-refractivity contribution in [3.63, 3.8) is 0 Å². The smallest absolute Gasteiger partial charge is 0.135 e. The number of para-hydroxylation sites is 1. The number of benzene rings is 2. The molecule has 0 spiro atoms. The van der Waals surface area contributed by atoms with Gasteiger partial charge in [-0.25, -0.2) is 8.78 Å². The lowest BCUT2D eigenvalue weighted by atomic mass is 10.1. The predicted octanol–water partition coefficient (Wildman–Crippen LogP) is 3.85. The van der Waals surface area contributed by atoms with E-state index in [0.29, 0.717) is 11.3 Å². The third-order valence-corrected chi connectivity index (χ3v) is 2.51. The van der Waals surface area contributed by atoms with E-state index in [-0.39, 0.29) is 12.2 Å². The van der Waals surface area contributed by atoms with Crippen LogP contribution in [-0.4, -0.2) is 0 Å². The van der Waals surface area contributed by atoms with Gasteiger partial charge in [-0.2, -0.15) is 0 Å². The van der Waals surface area contributed by atoms with Gasteiger partial charge in [0.1, 0.15) is 24.0 Å². The molecule has 88 valence electrons. The Morgan fingerprint density at radius 1 is 1.00 bits per heavy atom. The number of ether oxygens (including phenoxy) is 1. The third kappa shape index (κ3) is 2.61. The Balaban J connectivity index is 2.17. The largest absolute Gasteiger partial charge is 0.489 e. The summed E-state index contributed by atoms with van der Waals surface area (Å²) in [5.74, 6) is -0.530. The Bertz CT molecular complexity index is 509. The molecule has 2 aromatic rings. The van der Waals surface area contributed by atoms with E-state index in [0.717, 1.165) is 0 Å². The van der Waals surface area contributed by atoms with Gasteiger partial charge in [0.05, 0.1) is 5.56 Å². The summed E-state index contributed by atoms with van der Waals surface area (Å²) in [6.07, 6.45) is 0. The van der Waals surface area contributed by atoms with E-state index in [1.165, 1.54) is 12.1 Å². The Kier molecular flexibility index (Phi) is 3.38. The molecule has 2 aromatic carbocycles. The van der Waals surface area contributed by atoms with Crippen molar-refractivity contribution in [2.75, 3.05) is 0 Å². The van der Waals surface area contributed by atoms with Crippen molar-refractivity contribution in [1.29, 1.82) is 0 Å². The fourth-order valence-corrected chi connectivity index (χ4v) is 1.52. The van der Waals surface area contributed by atoms with Crippen molar-refractivity contribution in [3.8, 4) is 5.75 Å². The van der Waals surface area contributed by atoms with Crippen LogP contribution in [0.5, 0.6) is 5.75 Å². The monoisotopic (exact) mass is 234 g/mol. The maximum absolute atomic E-state index is 13.6. The van der Waals surface area contributed by atoms with Crippen molar-refractivity contribution in [2.45, 2.75) is 13.5 Å². The van der Waals surface area contributed by atoms with Gasteiger partial charge in [-0.15, -0.1) is 0 Å². The summed E-state index contributed by atoms with van der Waals surface area (Å²) in [7, 11) is 0. The average Bonchev–Trinajstić information content (AvgIpc) is 2.35. The van der Waals surface area contributed by atoms with E-state index >= 15 is 0 Å². The summed E-state index contributed by atoms with van der Waals surface area (Å²) in [4.78, 5) is 0. The molecule has 3 heteroatoms. The lowest BCUT2D eigenvalue weighted by Gasteiger charge is -2.09. The first-order valence-electron chi connectivity index (χ1n) is 5.30. The van der Waals surface area contributed by atoms with Gasteiger partial charge in [0, 0.05) is 0 Å². The van der Waals surface area contributed by atoms with Gasteiger partial charge in [0.15, 0.2) is 0 Å². The number of rotatable bonds is 3. The molecular formula is C14H12F2O.